The van der Waals surface area contributed by atoms with Gasteiger partial charge in [-0.1, -0.05) is 48.5 Å². The topological polar surface area (TPSA) is 15.3 Å². The maximum Gasteiger partial charge on any atom is 0.0614 e. The summed E-state index contributed by atoms with van der Waals surface area (Å²) in [5, 5.41) is 3.43. The molecule has 1 saturated heterocycles. The number of hydrogen-bond donors (Lipinski definition) is 1. The van der Waals surface area contributed by atoms with Crippen molar-refractivity contribution in [1.82, 2.24) is 10.2 Å². The first-order valence-electron chi connectivity index (χ1n) is 7.98. The minimum Gasteiger partial charge on any atom is -0.317 e. The number of nitrogens with zero attached hydrogens (tertiary/aromatic N) is 1. The molecule has 0 bridgehead atoms. The average molecular weight is 315 g/mol. The van der Waals surface area contributed by atoms with Crippen molar-refractivity contribution in [3.05, 3.63) is 59.7 Å². The maximum absolute atomic E-state index is 3.43. The molecule has 2 aromatic carbocycles. The maximum atomic E-state index is 3.43. The Hall–Kier alpha value is -1.35. The zero-order valence-corrected chi connectivity index (χ0v) is 13.8. The standard InChI is InChI=1S/C19H22N2.ClH/c1-20-14-10-12-21(13-11-14)19-17-8-4-2-6-15(17)16-7-3-5-9-18(16)19;/h2-9,14,19-20H,10-13H2,1H3;1H. The van der Waals surface area contributed by atoms with Gasteiger partial charge in [0.05, 0.1) is 6.04 Å². The lowest BCUT2D eigenvalue weighted by Crippen LogP contribution is -2.42. The molecule has 0 aromatic heterocycles. The van der Waals surface area contributed by atoms with Crippen LogP contribution < -0.4 is 5.32 Å². The summed E-state index contributed by atoms with van der Waals surface area (Å²) in [6.45, 7) is 2.36. The second kappa shape index (κ2) is 6.41. The van der Waals surface area contributed by atoms with Crippen molar-refractivity contribution in [1.29, 1.82) is 0 Å². The Labute approximate surface area is 138 Å². The Balaban J connectivity index is 0.00000144. The molecule has 2 aliphatic rings. The lowest BCUT2D eigenvalue weighted by Gasteiger charge is -2.36. The van der Waals surface area contributed by atoms with Gasteiger partial charge in [-0.2, -0.15) is 0 Å². The molecule has 4 rings (SSSR count). The summed E-state index contributed by atoms with van der Waals surface area (Å²) < 4.78 is 0. The molecule has 1 aliphatic heterocycles. The van der Waals surface area contributed by atoms with Gasteiger partial charge in [0, 0.05) is 19.1 Å². The minimum atomic E-state index is 0. The molecule has 1 fully saturated rings. The van der Waals surface area contributed by atoms with Crippen LogP contribution in [0, 0.1) is 0 Å². The Morgan fingerprint density at radius 1 is 0.864 bits per heavy atom. The highest BCUT2D eigenvalue weighted by Crippen LogP contribution is 2.46. The van der Waals surface area contributed by atoms with Crippen LogP contribution in [0.3, 0.4) is 0 Å². The quantitative estimate of drug-likeness (QED) is 0.905. The van der Waals surface area contributed by atoms with Crippen molar-refractivity contribution in [2.75, 3.05) is 20.1 Å². The third kappa shape index (κ3) is 2.45. The number of fused-ring (bicyclic) bond motifs is 3. The summed E-state index contributed by atoms with van der Waals surface area (Å²) in [5.74, 6) is 0. The van der Waals surface area contributed by atoms with Gasteiger partial charge >= 0.3 is 0 Å². The minimum absolute atomic E-state index is 0. The number of rotatable bonds is 2. The molecule has 0 spiro atoms. The van der Waals surface area contributed by atoms with E-state index in [9.17, 15) is 0 Å². The van der Waals surface area contributed by atoms with E-state index in [0.717, 1.165) is 0 Å². The third-order valence-corrected chi connectivity index (χ3v) is 5.10. The molecule has 1 N–H and O–H groups in total. The average Bonchev–Trinajstić information content (AvgIpc) is 2.90. The van der Waals surface area contributed by atoms with Gasteiger partial charge in [-0.05, 0) is 42.1 Å². The molecule has 1 aliphatic carbocycles. The van der Waals surface area contributed by atoms with E-state index in [-0.39, 0.29) is 12.4 Å². The van der Waals surface area contributed by atoms with E-state index in [1.54, 1.807) is 0 Å². The van der Waals surface area contributed by atoms with Gasteiger partial charge in [-0.15, -0.1) is 12.4 Å². The van der Waals surface area contributed by atoms with E-state index < -0.39 is 0 Å². The zero-order chi connectivity index (χ0) is 14.2. The highest BCUT2D eigenvalue weighted by molar-refractivity contribution is 5.85. The Kier molecular flexibility index (Phi) is 4.53. The molecule has 0 amide bonds. The van der Waals surface area contributed by atoms with Crippen LogP contribution in [-0.4, -0.2) is 31.1 Å². The van der Waals surface area contributed by atoms with Crippen LogP contribution in [0.25, 0.3) is 11.1 Å². The summed E-state index contributed by atoms with van der Waals surface area (Å²) >= 11 is 0. The second-order valence-corrected chi connectivity index (χ2v) is 6.18. The van der Waals surface area contributed by atoms with Gasteiger partial charge in [-0.3, -0.25) is 4.90 Å². The molecule has 0 radical (unpaired) electrons. The lowest BCUT2D eigenvalue weighted by molar-refractivity contribution is 0.168. The second-order valence-electron chi connectivity index (χ2n) is 6.18. The Morgan fingerprint density at radius 3 is 1.86 bits per heavy atom. The number of likely N-dealkylation sites (tertiary alicyclic amines) is 1. The number of piperidine rings is 1. The number of benzene rings is 2. The van der Waals surface area contributed by atoms with E-state index in [2.05, 4.69) is 65.8 Å². The molecule has 116 valence electrons. The van der Waals surface area contributed by atoms with Gasteiger partial charge in [0.2, 0.25) is 0 Å². The van der Waals surface area contributed by atoms with Crippen LogP contribution in [0.4, 0.5) is 0 Å². The summed E-state index contributed by atoms with van der Waals surface area (Å²) in [6.07, 6.45) is 2.49. The van der Waals surface area contributed by atoms with Gasteiger partial charge < -0.3 is 5.32 Å². The highest BCUT2D eigenvalue weighted by atomic mass is 35.5. The molecule has 0 atom stereocenters. The van der Waals surface area contributed by atoms with Gasteiger partial charge in [0.25, 0.3) is 0 Å². The first-order valence-corrected chi connectivity index (χ1v) is 7.98. The molecule has 2 nitrogen and oxygen atoms in total. The van der Waals surface area contributed by atoms with Crippen molar-refractivity contribution in [3.63, 3.8) is 0 Å². The predicted molar refractivity (Wildman–Crippen MR) is 94.6 cm³/mol. The molecular weight excluding hydrogens is 292 g/mol. The Morgan fingerprint density at radius 2 is 1.36 bits per heavy atom. The van der Waals surface area contributed by atoms with Gasteiger partial charge in [0.1, 0.15) is 0 Å². The lowest BCUT2D eigenvalue weighted by atomic mass is 9.98. The van der Waals surface area contributed by atoms with Crippen molar-refractivity contribution < 1.29 is 0 Å². The van der Waals surface area contributed by atoms with E-state index in [0.29, 0.717) is 12.1 Å². The first-order chi connectivity index (χ1) is 10.4. The van der Waals surface area contributed by atoms with Crippen molar-refractivity contribution >= 4 is 12.4 Å². The predicted octanol–water partition coefficient (Wildman–Crippen LogP) is 3.86. The van der Waals surface area contributed by atoms with Crippen molar-refractivity contribution in [3.8, 4) is 11.1 Å². The normalized spacial score (nSPS) is 18.6. The summed E-state index contributed by atoms with van der Waals surface area (Å²) in [4.78, 5) is 2.67. The van der Waals surface area contributed by atoms with Crippen molar-refractivity contribution in [2.45, 2.75) is 24.9 Å². The first kappa shape index (κ1) is 15.5. The molecule has 3 heteroatoms. The number of halogens is 1. The molecular formula is C19H23ClN2. The van der Waals surface area contributed by atoms with Crippen LogP contribution >= 0.6 is 12.4 Å². The molecule has 0 saturated carbocycles. The molecule has 22 heavy (non-hydrogen) atoms. The number of hydrogen-bond acceptors (Lipinski definition) is 2. The number of nitrogens with one attached hydrogen (secondary N) is 1. The largest absolute Gasteiger partial charge is 0.317 e. The highest BCUT2D eigenvalue weighted by Gasteiger charge is 2.34. The van der Waals surface area contributed by atoms with Crippen LogP contribution in [0.1, 0.15) is 30.0 Å². The fraction of sp³-hybridized carbons (Fsp3) is 0.368. The fourth-order valence-electron chi connectivity index (χ4n) is 3.97. The van der Waals surface area contributed by atoms with E-state index in [1.807, 2.05) is 0 Å². The van der Waals surface area contributed by atoms with Gasteiger partial charge in [0.15, 0.2) is 0 Å². The molecule has 2 aromatic rings. The Bertz CT molecular complexity index is 602. The fourth-order valence-corrected chi connectivity index (χ4v) is 3.97. The monoisotopic (exact) mass is 314 g/mol. The van der Waals surface area contributed by atoms with E-state index in [4.69, 9.17) is 0 Å². The van der Waals surface area contributed by atoms with Crippen LogP contribution in [0.5, 0.6) is 0 Å². The summed E-state index contributed by atoms with van der Waals surface area (Å²) in [7, 11) is 2.08. The van der Waals surface area contributed by atoms with Crippen LogP contribution in [-0.2, 0) is 0 Å². The zero-order valence-electron chi connectivity index (χ0n) is 13.0. The molecule has 1 heterocycles. The third-order valence-electron chi connectivity index (χ3n) is 5.10. The van der Waals surface area contributed by atoms with Crippen molar-refractivity contribution in [2.24, 2.45) is 0 Å². The molecule has 0 unspecified atom stereocenters. The summed E-state index contributed by atoms with van der Waals surface area (Å²) in [6, 6.07) is 19.0. The van der Waals surface area contributed by atoms with E-state index >= 15 is 0 Å². The smallest absolute Gasteiger partial charge is 0.0614 e. The summed E-state index contributed by atoms with van der Waals surface area (Å²) in [5.41, 5.74) is 5.82. The van der Waals surface area contributed by atoms with Crippen LogP contribution in [0.2, 0.25) is 0 Å². The van der Waals surface area contributed by atoms with E-state index in [1.165, 1.54) is 48.2 Å². The van der Waals surface area contributed by atoms with Gasteiger partial charge in [-0.25, -0.2) is 0 Å². The SMILES string of the molecule is CNC1CCN(C2c3ccccc3-c3ccccc32)CC1.Cl. The van der Waals surface area contributed by atoms with Crippen LogP contribution in [0.15, 0.2) is 48.5 Å².